The molecule has 0 fully saturated rings. The number of aromatic amines is 1. The minimum absolute atomic E-state index is 0.750. The Morgan fingerprint density at radius 1 is 1.86 bits per heavy atom. The van der Waals surface area contributed by atoms with E-state index in [4.69, 9.17) is 4.74 Å². The highest BCUT2D eigenvalue weighted by molar-refractivity contribution is 5.08. The van der Waals surface area contributed by atoms with Crippen molar-refractivity contribution in [1.82, 2.24) is 4.98 Å². The maximum atomic E-state index is 4.77. The minimum Gasteiger partial charge on any atom is -0.482 e. The molecule has 1 heterocycles. The summed E-state index contributed by atoms with van der Waals surface area (Å²) in [5, 5.41) is 0. The zero-order chi connectivity index (χ0) is 5.11. The summed E-state index contributed by atoms with van der Waals surface area (Å²) in [6, 6.07) is 3.57. The van der Waals surface area contributed by atoms with Gasteiger partial charge in [0.25, 0.3) is 0 Å². The Morgan fingerprint density at radius 3 is 3.00 bits per heavy atom. The fraction of sp³-hybridized carbons (Fsp3) is 0.200. The molecule has 37 valence electrons. The Balaban J connectivity index is 2.76. The average molecular weight is 96.1 g/mol. The number of nitrogens with one attached hydrogen (secondary N) is 1. The second kappa shape index (κ2) is 1.69. The van der Waals surface area contributed by atoms with Crippen molar-refractivity contribution in [1.29, 1.82) is 0 Å². The molecule has 1 N–H and O–H groups in total. The van der Waals surface area contributed by atoms with Crippen molar-refractivity contribution in [3.63, 3.8) is 0 Å². The third-order valence-electron chi connectivity index (χ3n) is 0.733. The Labute approximate surface area is 42.1 Å². The van der Waals surface area contributed by atoms with E-state index < -0.39 is 0 Å². The highest BCUT2D eigenvalue weighted by Gasteiger charge is 1.82. The third kappa shape index (κ3) is 0.738. The first-order valence-corrected chi connectivity index (χ1v) is 2.02. The highest BCUT2D eigenvalue weighted by Crippen LogP contribution is 2.00. The Kier molecular flexibility index (Phi) is 1.02. The van der Waals surface area contributed by atoms with Gasteiger partial charge in [-0.2, -0.15) is 0 Å². The zero-order valence-electron chi connectivity index (χ0n) is 4.06. The van der Waals surface area contributed by atoms with Crippen LogP contribution in [0.3, 0.4) is 0 Å². The summed E-state index contributed by atoms with van der Waals surface area (Å²) in [5.41, 5.74) is 0. The maximum absolute atomic E-state index is 4.77. The van der Waals surface area contributed by atoms with E-state index in [0.29, 0.717) is 0 Å². The molecule has 7 heavy (non-hydrogen) atoms. The van der Waals surface area contributed by atoms with Gasteiger partial charge in [-0.25, -0.2) is 0 Å². The van der Waals surface area contributed by atoms with Gasteiger partial charge in [-0.15, -0.1) is 0 Å². The lowest BCUT2D eigenvalue weighted by molar-refractivity contribution is 0.400. The van der Waals surface area contributed by atoms with Gasteiger partial charge in [0.1, 0.15) is 0 Å². The van der Waals surface area contributed by atoms with Crippen molar-refractivity contribution in [2.75, 3.05) is 7.11 Å². The molecule has 0 aromatic carbocycles. The van der Waals surface area contributed by atoms with Gasteiger partial charge < -0.3 is 9.72 Å². The lowest BCUT2D eigenvalue weighted by Gasteiger charge is -1.87. The molecule has 2 nitrogen and oxygen atoms in total. The van der Waals surface area contributed by atoms with E-state index in [1.165, 1.54) is 0 Å². The first-order chi connectivity index (χ1) is 3.43. The molecule has 0 aliphatic heterocycles. The van der Waals surface area contributed by atoms with Crippen molar-refractivity contribution in [2.24, 2.45) is 0 Å². The monoisotopic (exact) mass is 96.0 g/mol. The summed E-state index contributed by atoms with van der Waals surface area (Å²) < 4.78 is 4.77. The SMILES string of the molecule is COc1cc[c][nH]1. The van der Waals surface area contributed by atoms with Crippen molar-refractivity contribution >= 4 is 0 Å². The topological polar surface area (TPSA) is 25.0 Å². The van der Waals surface area contributed by atoms with E-state index in [-0.39, 0.29) is 0 Å². The quantitative estimate of drug-likeness (QED) is 0.550. The summed E-state index contributed by atoms with van der Waals surface area (Å²) >= 11 is 0. The van der Waals surface area contributed by atoms with E-state index in [1.54, 1.807) is 19.2 Å². The fourth-order valence-corrected chi connectivity index (χ4v) is 0.391. The lowest BCUT2D eigenvalue weighted by atomic mass is 10.7. The molecule has 0 unspecified atom stereocenters. The normalized spacial score (nSPS) is 8.71. The number of methoxy groups -OCH3 is 1. The molecule has 0 atom stereocenters. The van der Waals surface area contributed by atoms with Crippen molar-refractivity contribution < 1.29 is 4.74 Å². The second-order valence-corrected chi connectivity index (χ2v) is 1.17. The molecular weight excluding hydrogens is 90.1 g/mol. The Hall–Kier alpha value is -0.920. The standard InChI is InChI=1S/C5H6NO/c1-7-5-3-2-4-6-5/h2-3,6H,1H3. The van der Waals surface area contributed by atoms with Crippen LogP contribution >= 0.6 is 0 Å². The van der Waals surface area contributed by atoms with Crippen LogP contribution in [0.4, 0.5) is 0 Å². The van der Waals surface area contributed by atoms with E-state index in [0.717, 1.165) is 5.88 Å². The molecule has 0 saturated heterocycles. The van der Waals surface area contributed by atoms with Gasteiger partial charge in [-0.1, -0.05) is 0 Å². The van der Waals surface area contributed by atoms with Gasteiger partial charge in [-0.05, 0) is 6.07 Å². The van der Waals surface area contributed by atoms with Crippen LogP contribution in [-0.4, -0.2) is 12.1 Å². The van der Waals surface area contributed by atoms with Gasteiger partial charge in [0.05, 0.1) is 13.3 Å². The molecule has 2 heteroatoms. The highest BCUT2D eigenvalue weighted by atomic mass is 16.5. The smallest absolute Gasteiger partial charge is 0.190 e. The maximum Gasteiger partial charge on any atom is 0.190 e. The average Bonchev–Trinajstić information content (AvgIpc) is 2.14. The molecule has 0 amide bonds. The molecule has 1 aromatic heterocycles. The Morgan fingerprint density at radius 2 is 2.71 bits per heavy atom. The number of hydrogen-bond acceptors (Lipinski definition) is 1. The molecule has 0 bridgehead atoms. The van der Waals surface area contributed by atoms with E-state index in [1.807, 2.05) is 0 Å². The number of rotatable bonds is 1. The zero-order valence-corrected chi connectivity index (χ0v) is 4.06. The Bertz CT molecular complexity index is 123. The van der Waals surface area contributed by atoms with Crippen LogP contribution in [0.15, 0.2) is 12.1 Å². The van der Waals surface area contributed by atoms with Gasteiger partial charge >= 0.3 is 0 Å². The molecule has 1 radical (unpaired) electrons. The molecule has 0 saturated carbocycles. The summed E-state index contributed by atoms with van der Waals surface area (Å²) in [5.74, 6) is 0.750. The fourth-order valence-electron chi connectivity index (χ4n) is 0.391. The predicted molar refractivity (Wildman–Crippen MR) is 26.2 cm³/mol. The van der Waals surface area contributed by atoms with Crippen LogP contribution in [0.5, 0.6) is 5.88 Å². The van der Waals surface area contributed by atoms with Gasteiger partial charge in [-0.3, -0.25) is 0 Å². The number of H-pyrrole nitrogens is 1. The van der Waals surface area contributed by atoms with Crippen LogP contribution in [0.25, 0.3) is 0 Å². The second-order valence-electron chi connectivity index (χ2n) is 1.17. The third-order valence-corrected chi connectivity index (χ3v) is 0.733. The number of hydrogen-bond donors (Lipinski definition) is 1. The van der Waals surface area contributed by atoms with Crippen LogP contribution in [-0.2, 0) is 0 Å². The summed E-state index contributed by atoms with van der Waals surface area (Å²) in [6.45, 7) is 0. The first-order valence-electron chi connectivity index (χ1n) is 2.02. The van der Waals surface area contributed by atoms with Crippen molar-refractivity contribution in [3.05, 3.63) is 18.3 Å². The summed E-state index contributed by atoms with van der Waals surface area (Å²) in [4.78, 5) is 2.74. The number of ether oxygens (including phenoxy) is 1. The van der Waals surface area contributed by atoms with E-state index in [9.17, 15) is 0 Å². The van der Waals surface area contributed by atoms with Crippen LogP contribution in [0.1, 0.15) is 0 Å². The van der Waals surface area contributed by atoms with Crippen LogP contribution in [0, 0.1) is 6.20 Å². The molecule has 0 aliphatic carbocycles. The molecule has 0 aliphatic rings. The molecule has 1 rings (SSSR count). The van der Waals surface area contributed by atoms with E-state index in [2.05, 4.69) is 11.2 Å². The number of aromatic nitrogens is 1. The largest absolute Gasteiger partial charge is 0.482 e. The molecule has 0 spiro atoms. The lowest BCUT2D eigenvalue weighted by Crippen LogP contribution is -1.78. The van der Waals surface area contributed by atoms with Crippen molar-refractivity contribution in [2.45, 2.75) is 0 Å². The van der Waals surface area contributed by atoms with Crippen LogP contribution < -0.4 is 4.74 Å². The molecular formula is C5H6NO. The minimum atomic E-state index is 0.750. The van der Waals surface area contributed by atoms with Crippen molar-refractivity contribution in [3.8, 4) is 5.88 Å². The van der Waals surface area contributed by atoms with Gasteiger partial charge in [0.2, 0.25) is 0 Å². The van der Waals surface area contributed by atoms with Crippen LogP contribution in [0.2, 0.25) is 0 Å². The van der Waals surface area contributed by atoms with Gasteiger partial charge in [0, 0.05) is 6.07 Å². The van der Waals surface area contributed by atoms with Gasteiger partial charge in [0.15, 0.2) is 5.88 Å². The first kappa shape index (κ1) is 4.24. The predicted octanol–water partition coefficient (Wildman–Crippen LogP) is 0.823. The summed E-state index contributed by atoms with van der Waals surface area (Å²) in [7, 11) is 1.61. The van der Waals surface area contributed by atoms with E-state index >= 15 is 0 Å². The summed E-state index contributed by atoms with van der Waals surface area (Å²) in [6.07, 6.45) is 2.73. The molecule has 1 aromatic rings.